The van der Waals surface area contributed by atoms with Crippen LogP contribution in [-0.4, -0.2) is 41.9 Å². The van der Waals surface area contributed by atoms with Gasteiger partial charge in [0.15, 0.2) is 0 Å². The van der Waals surface area contributed by atoms with E-state index in [9.17, 15) is 4.79 Å². The van der Waals surface area contributed by atoms with Crippen LogP contribution in [0.5, 0.6) is 0 Å². The van der Waals surface area contributed by atoms with Crippen LogP contribution >= 0.6 is 0 Å². The fourth-order valence-corrected chi connectivity index (χ4v) is 3.25. The maximum atomic E-state index is 12.4. The normalized spacial score (nSPS) is 25.5. The lowest BCUT2D eigenvalue weighted by Gasteiger charge is -2.45. The van der Waals surface area contributed by atoms with Crippen LogP contribution < -0.4 is 0 Å². The van der Waals surface area contributed by atoms with E-state index >= 15 is 0 Å². The van der Waals surface area contributed by atoms with Gasteiger partial charge in [0, 0.05) is 12.6 Å². The number of hydrogen-bond donors (Lipinski definition) is 0. The van der Waals surface area contributed by atoms with Gasteiger partial charge in [-0.3, -0.25) is 4.90 Å². The van der Waals surface area contributed by atoms with Crippen molar-refractivity contribution in [2.75, 3.05) is 13.2 Å². The maximum absolute atomic E-state index is 12.4. The van der Waals surface area contributed by atoms with Crippen molar-refractivity contribution in [2.45, 2.75) is 77.5 Å². The lowest BCUT2D eigenvalue weighted by atomic mass is 9.84. The molecule has 4 heteroatoms. The van der Waals surface area contributed by atoms with E-state index < -0.39 is 5.60 Å². The topological polar surface area (TPSA) is 38.8 Å². The largest absolute Gasteiger partial charge is 0.444 e. The van der Waals surface area contributed by atoms with Crippen molar-refractivity contribution in [1.29, 1.82) is 0 Å². The zero-order valence-corrected chi connectivity index (χ0v) is 13.9. The molecule has 0 radical (unpaired) electrons. The van der Waals surface area contributed by atoms with E-state index in [1.165, 1.54) is 12.0 Å². The van der Waals surface area contributed by atoms with Gasteiger partial charge in [0.1, 0.15) is 5.60 Å². The van der Waals surface area contributed by atoms with E-state index in [0.29, 0.717) is 6.04 Å². The molecule has 0 spiro atoms. The summed E-state index contributed by atoms with van der Waals surface area (Å²) in [6.07, 6.45) is 7.42. The third-order valence-electron chi connectivity index (χ3n) is 4.09. The smallest absolute Gasteiger partial charge is 0.411 e. The van der Waals surface area contributed by atoms with Gasteiger partial charge < -0.3 is 9.47 Å². The summed E-state index contributed by atoms with van der Waals surface area (Å²) in [6.45, 7) is 9.35. The summed E-state index contributed by atoms with van der Waals surface area (Å²) < 4.78 is 11.0. The lowest BCUT2D eigenvalue weighted by Crippen LogP contribution is -2.53. The summed E-state index contributed by atoms with van der Waals surface area (Å²) in [6, 6.07) is 0.518. The van der Waals surface area contributed by atoms with Gasteiger partial charge in [0.2, 0.25) is 0 Å². The summed E-state index contributed by atoms with van der Waals surface area (Å²) in [5.41, 5.74) is 1.02. The van der Waals surface area contributed by atoms with Crippen LogP contribution in [0.15, 0.2) is 11.6 Å². The molecule has 0 aromatic rings. The second-order valence-electron chi connectivity index (χ2n) is 7.02. The number of nitrogens with zero attached hydrogens (tertiary/aromatic N) is 1. The van der Waals surface area contributed by atoms with Crippen molar-refractivity contribution in [2.24, 2.45) is 0 Å². The van der Waals surface area contributed by atoms with Crippen LogP contribution in [0, 0.1) is 0 Å². The SMILES string of the molecule is CCOCCC1=CC2CCCC(C1)N2C(=O)OC(C)(C)C. The van der Waals surface area contributed by atoms with Crippen molar-refractivity contribution < 1.29 is 14.3 Å². The average Bonchev–Trinajstić information content (AvgIpc) is 2.35. The van der Waals surface area contributed by atoms with E-state index in [2.05, 4.69) is 6.08 Å². The molecule has 2 aliphatic heterocycles. The fraction of sp³-hybridized carbons (Fsp3) is 0.824. The van der Waals surface area contributed by atoms with Gasteiger partial charge >= 0.3 is 6.09 Å². The number of rotatable bonds is 4. The molecule has 2 aliphatic rings. The quantitative estimate of drug-likeness (QED) is 0.583. The minimum Gasteiger partial charge on any atom is -0.444 e. The third kappa shape index (κ3) is 4.47. The molecule has 2 bridgehead atoms. The number of carbonyl (C=O) groups is 1. The molecule has 2 atom stereocenters. The molecule has 2 rings (SSSR count). The van der Waals surface area contributed by atoms with E-state index in [1.54, 1.807) is 0 Å². The second kappa shape index (κ2) is 6.82. The van der Waals surface area contributed by atoms with Crippen LogP contribution in [0.4, 0.5) is 4.79 Å². The Morgan fingerprint density at radius 1 is 1.38 bits per heavy atom. The first-order valence-electron chi connectivity index (χ1n) is 8.19. The van der Waals surface area contributed by atoms with Crippen LogP contribution in [0.1, 0.15) is 59.8 Å². The molecule has 1 fully saturated rings. The van der Waals surface area contributed by atoms with Gasteiger partial charge in [-0.15, -0.1) is 0 Å². The molecule has 21 heavy (non-hydrogen) atoms. The first-order chi connectivity index (χ1) is 9.90. The predicted molar refractivity (Wildman–Crippen MR) is 83.3 cm³/mol. The van der Waals surface area contributed by atoms with Crippen LogP contribution in [-0.2, 0) is 9.47 Å². The molecular formula is C17H29NO3. The summed E-state index contributed by atoms with van der Waals surface area (Å²) in [5.74, 6) is 0. The third-order valence-corrected chi connectivity index (χ3v) is 4.09. The zero-order valence-electron chi connectivity index (χ0n) is 13.9. The first-order valence-corrected chi connectivity index (χ1v) is 8.19. The summed E-state index contributed by atoms with van der Waals surface area (Å²) >= 11 is 0. The molecule has 2 heterocycles. The van der Waals surface area contributed by atoms with Crippen molar-refractivity contribution in [3.63, 3.8) is 0 Å². The van der Waals surface area contributed by atoms with Gasteiger partial charge in [-0.1, -0.05) is 11.6 Å². The van der Waals surface area contributed by atoms with Gasteiger partial charge in [0.25, 0.3) is 0 Å². The molecule has 120 valence electrons. The number of carbonyl (C=O) groups excluding carboxylic acids is 1. The highest BCUT2D eigenvalue weighted by Gasteiger charge is 2.38. The Balaban J connectivity index is 2.03. The summed E-state index contributed by atoms with van der Waals surface area (Å²) in [4.78, 5) is 14.4. The second-order valence-corrected chi connectivity index (χ2v) is 7.02. The standard InChI is InChI=1S/C17H29NO3/c1-5-20-10-9-13-11-14-7-6-8-15(12-13)18(14)16(19)21-17(2,3)4/h11,14-15H,5-10,12H2,1-4H3. The first kappa shape index (κ1) is 16.3. The van der Waals surface area contributed by atoms with E-state index in [0.717, 1.165) is 38.9 Å². The van der Waals surface area contributed by atoms with Gasteiger partial charge in [-0.25, -0.2) is 4.79 Å². The number of ether oxygens (including phenoxy) is 2. The van der Waals surface area contributed by atoms with E-state index in [4.69, 9.17) is 9.47 Å². The zero-order chi connectivity index (χ0) is 15.5. The number of piperidine rings is 1. The van der Waals surface area contributed by atoms with Gasteiger partial charge in [0.05, 0.1) is 12.6 Å². The van der Waals surface area contributed by atoms with Crippen molar-refractivity contribution in [3.8, 4) is 0 Å². The summed E-state index contributed by atoms with van der Waals surface area (Å²) in [5, 5.41) is 0. The van der Waals surface area contributed by atoms with Gasteiger partial charge in [-0.2, -0.15) is 0 Å². The molecule has 0 N–H and O–H groups in total. The highest BCUT2D eigenvalue weighted by Crippen LogP contribution is 2.35. The maximum Gasteiger partial charge on any atom is 0.411 e. The molecule has 4 nitrogen and oxygen atoms in total. The number of hydrogen-bond acceptors (Lipinski definition) is 3. The van der Waals surface area contributed by atoms with Crippen LogP contribution in [0.2, 0.25) is 0 Å². The minimum absolute atomic E-state index is 0.155. The molecule has 0 aliphatic carbocycles. The molecule has 0 aromatic carbocycles. The Labute approximate surface area is 128 Å². The monoisotopic (exact) mass is 295 g/mol. The average molecular weight is 295 g/mol. The Morgan fingerprint density at radius 2 is 2.14 bits per heavy atom. The van der Waals surface area contributed by atoms with Crippen molar-refractivity contribution in [3.05, 3.63) is 11.6 Å². The highest BCUT2D eigenvalue weighted by atomic mass is 16.6. The number of fused-ring (bicyclic) bond motifs is 2. The van der Waals surface area contributed by atoms with E-state index in [1.807, 2.05) is 32.6 Å². The Hall–Kier alpha value is -1.03. The Kier molecular flexibility index (Phi) is 5.31. The van der Waals surface area contributed by atoms with E-state index in [-0.39, 0.29) is 12.1 Å². The van der Waals surface area contributed by atoms with Crippen molar-refractivity contribution >= 4 is 6.09 Å². The Morgan fingerprint density at radius 3 is 2.76 bits per heavy atom. The number of amides is 1. The molecule has 0 saturated carbocycles. The lowest BCUT2D eigenvalue weighted by molar-refractivity contribution is -0.00178. The molecule has 1 amide bonds. The molecule has 1 saturated heterocycles. The fourth-order valence-electron chi connectivity index (χ4n) is 3.25. The van der Waals surface area contributed by atoms with Gasteiger partial charge in [-0.05, 0) is 59.8 Å². The summed E-state index contributed by atoms with van der Waals surface area (Å²) in [7, 11) is 0. The minimum atomic E-state index is -0.426. The van der Waals surface area contributed by atoms with Crippen molar-refractivity contribution in [1.82, 2.24) is 4.90 Å². The van der Waals surface area contributed by atoms with Crippen LogP contribution in [0.25, 0.3) is 0 Å². The highest BCUT2D eigenvalue weighted by molar-refractivity contribution is 5.70. The molecule has 2 unspecified atom stereocenters. The predicted octanol–water partition coefficient (Wildman–Crippen LogP) is 3.90. The molecule has 0 aromatic heterocycles. The van der Waals surface area contributed by atoms with Crippen LogP contribution in [0.3, 0.4) is 0 Å². The molecular weight excluding hydrogens is 266 g/mol. The Bertz CT molecular complexity index is 397.